The zero-order chi connectivity index (χ0) is 20.7. The number of sulfonamides is 1. The van der Waals surface area contributed by atoms with Crippen molar-refractivity contribution in [3.8, 4) is 0 Å². The van der Waals surface area contributed by atoms with Crippen LogP contribution in [0.3, 0.4) is 0 Å². The highest BCUT2D eigenvalue weighted by molar-refractivity contribution is 7.89. The molecule has 7 nitrogen and oxygen atoms in total. The summed E-state index contributed by atoms with van der Waals surface area (Å²) in [6.07, 6.45) is 0.0623. The first kappa shape index (κ1) is 21.3. The third kappa shape index (κ3) is 6.03. The normalized spacial score (nSPS) is 15.3. The third-order valence-electron chi connectivity index (χ3n) is 5.03. The van der Waals surface area contributed by atoms with Crippen LogP contribution in [0.15, 0.2) is 59.5 Å². The van der Waals surface area contributed by atoms with Gasteiger partial charge in [0.25, 0.3) is 0 Å². The number of hydrogen-bond donors (Lipinski definition) is 2. The fourth-order valence-corrected chi connectivity index (χ4v) is 4.34. The van der Waals surface area contributed by atoms with Crippen molar-refractivity contribution in [2.45, 2.75) is 18.2 Å². The van der Waals surface area contributed by atoms with Gasteiger partial charge in [0.05, 0.1) is 4.90 Å². The van der Waals surface area contributed by atoms with Crippen molar-refractivity contribution >= 4 is 27.3 Å². The largest absolute Gasteiger partial charge is 0.369 e. The number of piperazine rings is 1. The van der Waals surface area contributed by atoms with E-state index in [4.69, 9.17) is 0 Å². The van der Waals surface area contributed by atoms with Crippen LogP contribution in [-0.2, 0) is 14.8 Å². The van der Waals surface area contributed by atoms with Crippen molar-refractivity contribution in [1.82, 2.24) is 9.62 Å². The molecule has 1 amide bonds. The summed E-state index contributed by atoms with van der Waals surface area (Å²) in [6.45, 7) is 7.44. The van der Waals surface area contributed by atoms with Crippen molar-refractivity contribution in [1.29, 1.82) is 0 Å². The minimum Gasteiger partial charge on any atom is -0.369 e. The molecule has 156 valence electrons. The second-order valence-electron chi connectivity index (χ2n) is 6.98. The fourth-order valence-electron chi connectivity index (χ4n) is 3.28. The second-order valence-corrected chi connectivity index (χ2v) is 8.74. The SMILES string of the molecule is CCN1CCN(c2ccc(NC(=O)CCNS(=O)(=O)c3ccccc3)cc2)CC1. The van der Waals surface area contributed by atoms with Gasteiger partial charge in [0.1, 0.15) is 0 Å². The summed E-state index contributed by atoms with van der Waals surface area (Å²) < 4.78 is 26.8. The molecule has 3 rings (SSSR count). The average molecular weight is 417 g/mol. The quantitative estimate of drug-likeness (QED) is 0.689. The highest BCUT2D eigenvalue weighted by atomic mass is 32.2. The van der Waals surface area contributed by atoms with E-state index in [1.54, 1.807) is 18.2 Å². The fraction of sp³-hybridized carbons (Fsp3) is 0.381. The Bertz CT molecular complexity index is 893. The van der Waals surface area contributed by atoms with E-state index in [0.717, 1.165) is 38.4 Å². The van der Waals surface area contributed by atoms with Crippen LogP contribution in [0.25, 0.3) is 0 Å². The molecular weight excluding hydrogens is 388 g/mol. The summed E-state index contributed by atoms with van der Waals surface area (Å²) in [6, 6.07) is 15.9. The van der Waals surface area contributed by atoms with Crippen LogP contribution in [-0.4, -0.2) is 58.5 Å². The van der Waals surface area contributed by atoms with Gasteiger partial charge in [-0.25, -0.2) is 13.1 Å². The van der Waals surface area contributed by atoms with Crippen molar-refractivity contribution in [2.75, 3.05) is 49.5 Å². The van der Waals surface area contributed by atoms with Gasteiger partial charge in [0.15, 0.2) is 0 Å². The first-order chi connectivity index (χ1) is 14.0. The maximum atomic E-state index is 12.1. The topological polar surface area (TPSA) is 81.8 Å². The molecule has 0 spiro atoms. The van der Waals surface area contributed by atoms with Crippen molar-refractivity contribution in [2.24, 2.45) is 0 Å². The molecule has 0 saturated carbocycles. The number of likely N-dealkylation sites (N-methyl/N-ethyl adjacent to an activating group) is 1. The summed E-state index contributed by atoms with van der Waals surface area (Å²) in [5.74, 6) is -0.231. The van der Waals surface area contributed by atoms with E-state index in [0.29, 0.717) is 5.69 Å². The zero-order valence-electron chi connectivity index (χ0n) is 16.7. The van der Waals surface area contributed by atoms with E-state index >= 15 is 0 Å². The van der Waals surface area contributed by atoms with E-state index in [1.807, 2.05) is 24.3 Å². The molecule has 29 heavy (non-hydrogen) atoms. The Morgan fingerprint density at radius 2 is 1.62 bits per heavy atom. The molecule has 1 aliphatic rings. The number of amides is 1. The minimum atomic E-state index is -3.59. The molecule has 8 heteroatoms. The number of hydrogen-bond acceptors (Lipinski definition) is 5. The average Bonchev–Trinajstić information content (AvgIpc) is 2.75. The maximum Gasteiger partial charge on any atom is 0.240 e. The Morgan fingerprint density at radius 3 is 2.24 bits per heavy atom. The Hall–Kier alpha value is -2.42. The second kappa shape index (κ2) is 9.87. The Morgan fingerprint density at radius 1 is 0.966 bits per heavy atom. The van der Waals surface area contributed by atoms with Crippen molar-refractivity contribution < 1.29 is 13.2 Å². The van der Waals surface area contributed by atoms with Crippen LogP contribution in [0.2, 0.25) is 0 Å². The lowest BCUT2D eigenvalue weighted by Gasteiger charge is -2.35. The lowest BCUT2D eigenvalue weighted by molar-refractivity contribution is -0.116. The number of carbonyl (C=O) groups excluding carboxylic acids is 1. The zero-order valence-corrected chi connectivity index (χ0v) is 17.5. The molecule has 2 aromatic carbocycles. The maximum absolute atomic E-state index is 12.1. The molecule has 2 aromatic rings. The van der Waals surface area contributed by atoms with E-state index in [-0.39, 0.29) is 23.8 Å². The van der Waals surface area contributed by atoms with Crippen molar-refractivity contribution in [3.63, 3.8) is 0 Å². The van der Waals surface area contributed by atoms with Crippen LogP contribution in [0.5, 0.6) is 0 Å². The third-order valence-corrected chi connectivity index (χ3v) is 6.51. The Kier molecular flexibility index (Phi) is 7.24. The molecular formula is C21H28N4O3S. The summed E-state index contributed by atoms with van der Waals surface area (Å²) in [5, 5.41) is 2.81. The van der Waals surface area contributed by atoms with Gasteiger partial charge in [-0.2, -0.15) is 0 Å². The number of rotatable bonds is 8. The van der Waals surface area contributed by atoms with Crippen LogP contribution in [0.1, 0.15) is 13.3 Å². The van der Waals surface area contributed by atoms with Crippen LogP contribution in [0.4, 0.5) is 11.4 Å². The van der Waals surface area contributed by atoms with Gasteiger partial charge in [0, 0.05) is 50.5 Å². The number of nitrogens with zero attached hydrogens (tertiary/aromatic N) is 2. The van der Waals surface area contributed by atoms with E-state index in [9.17, 15) is 13.2 Å². The molecule has 0 atom stereocenters. The molecule has 0 aliphatic carbocycles. The van der Waals surface area contributed by atoms with E-state index in [1.165, 1.54) is 12.1 Å². The van der Waals surface area contributed by atoms with Crippen LogP contribution < -0.4 is 14.9 Å². The predicted octanol–water partition coefficient (Wildman–Crippen LogP) is 2.14. The minimum absolute atomic E-state index is 0.0445. The lowest BCUT2D eigenvalue weighted by atomic mass is 10.2. The summed E-state index contributed by atoms with van der Waals surface area (Å²) in [5.41, 5.74) is 1.85. The monoisotopic (exact) mass is 416 g/mol. The molecule has 0 unspecified atom stereocenters. The predicted molar refractivity (Wildman–Crippen MR) is 116 cm³/mol. The van der Waals surface area contributed by atoms with Gasteiger partial charge in [0.2, 0.25) is 15.9 Å². The molecule has 1 heterocycles. The summed E-state index contributed by atoms with van der Waals surface area (Å²) in [7, 11) is -3.59. The summed E-state index contributed by atoms with van der Waals surface area (Å²) >= 11 is 0. The number of carbonyl (C=O) groups is 1. The number of nitrogens with one attached hydrogen (secondary N) is 2. The molecule has 1 aliphatic heterocycles. The smallest absolute Gasteiger partial charge is 0.240 e. The standard InChI is InChI=1S/C21H28N4O3S/c1-2-24-14-16-25(17-15-24)19-10-8-18(9-11-19)23-21(26)12-13-22-29(27,28)20-6-4-3-5-7-20/h3-11,22H,2,12-17H2,1H3,(H,23,26). The van der Waals surface area contributed by atoms with Crippen LogP contribution >= 0.6 is 0 Å². The van der Waals surface area contributed by atoms with Gasteiger partial charge in [-0.05, 0) is 42.9 Å². The molecule has 1 fully saturated rings. The van der Waals surface area contributed by atoms with E-state index < -0.39 is 10.0 Å². The van der Waals surface area contributed by atoms with Gasteiger partial charge >= 0.3 is 0 Å². The first-order valence-electron chi connectivity index (χ1n) is 9.90. The van der Waals surface area contributed by atoms with E-state index in [2.05, 4.69) is 26.8 Å². The highest BCUT2D eigenvalue weighted by Gasteiger charge is 2.16. The summed E-state index contributed by atoms with van der Waals surface area (Å²) in [4.78, 5) is 17.1. The number of anilines is 2. The van der Waals surface area contributed by atoms with Gasteiger partial charge in [-0.3, -0.25) is 4.79 Å². The highest BCUT2D eigenvalue weighted by Crippen LogP contribution is 2.19. The number of benzene rings is 2. The van der Waals surface area contributed by atoms with Crippen LogP contribution in [0, 0.1) is 0 Å². The first-order valence-corrected chi connectivity index (χ1v) is 11.4. The van der Waals surface area contributed by atoms with Gasteiger partial charge in [-0.15, -0.1) is 0 Å². The molecule has 2 N–H and O–H groups in total. The molecule has 0 bridgehead atoms. The Balaban J connectivity index is 1.45. The molecule has 0 aromatic heterocycles. The van der Waals surface area contributed by atoms with Gasteiger partial charge < -0.3 is 15.1 Å². The van der Waals surface area contributed by atoms with Crippen molar-refractivity contribution in [3.05, 3.63) is 54.6 Å². The van der Waals surface area contributed by atoms with Gasteiger partial charge in [-0.1, -0.05) is 25.1 Å². The molecule has 0 radical (unpaired) electrons. The molecule has 1 saturated heterocycles. The lowest BCUT2D eigenvalue weighted by Crippen LogP contribution is -2.46. The Labute approximate surface area is 172 Å².